The van der Waals surface area contributed by atoms with E-state index in [9.17, 15) is 0 Å². The molecule has 3 rings (SSSR count). The van der Waals surface area contributed by atoms with Crippen molar-refractivity contribution in [3.63, 3.8) is 0 Å². The molecular formula is C20H22Cl2Ti. The summed E-state index contributed by atoms with van der Waals surface area (Å²) in [5, 5.41) is 0. The first-order chi connectivity index (χ1) is 11.2. The minimum absolute atomic E-state index is 0.556. The van der Waals surface area contributed by atoms with E-state index in [1.165, 1.54) is 52.7 Å². The Kier molecular flexibility index (Phi) is 7.93. The molecule has 2 aromatic carbocycles. The third-order valence-electron chi connectivity index (χ3n) is 4.14. The first kappa shape index (κ1) is 18.8. The van der Waals surface area contributed by atoms with Crippen LogP contribution < -0.4 is 0 Å². The van der Waals surface area contributed by atoms with Crippen molar-refractivity contribution in [1.82, 2.24) is 0 Å². The third-order valence-corrected chi connectivity index (χ3v) is 4.14. The van der Waals surface area contributed by atoms with Crippen LogP contribution in [0.15, 0.2) is 48.0 Å². The Morgan fingerprint density at radius 2 is 1.74 bits per heavy atom. The molecule has 0 amide bonds. The van der Waals surface area contributed by atoms with Gasteiger partial charge in [-0.2, -0.15) is 0 Å². The molecule has 3 heteroatoms. The van der Waals surface area contributed by atoms with Crippen molar-refractivity contribution in [1.29, 1.82) is 0 Å². The van der Waals surface area contributed by atoms with Crippen LogP contribution in [0, 0.1) is 0 Å². The molecule has 0 saturated carbocycles. The standard InChI is InChI=1S/C20H22.2ClH.Ti/c1-3-4-6-16-9-11-17(12-10-16)19-8-5-7-18-13-15(2)14-20(18)19;;;/h5,7-12,14H,3-4,6,13H2,1-2H3;2*1H;/q;;;+2/p-2. The molecule has 2 aromatic rings. The first-order valence-corrected chi connectivity index (χ1v) is 12.3. The molecule has 120 valence electrons. The third kappa shape index (κ3) is 5.23. The van der Waals surface area contributed by atoms with Gasteiger partial charge in [0.25, 0.3) is 0 Å². The molecule has 23 heavy (non-hydrogen) atoms. The number of hydrogen-bond acceptors (Lipinski definition) is 0. The second kappa shape index (κ2) is 9.69. The maximum atomic E-state index is 4.89. The van der Waals surface area contributed by atoms with Crippen LogP contribution in [0.25, 0.3) is 17.2 Å². The summed E-state index contributed by atoms with van der Waals surface area (Å²) in [6.45, 7) is 4.47. The fraction of sp³-hybridized carbons (Fsp3) is 0.300. The summed E-state index contributed by atoms with van der Waals surface area (Å²) in [6, 6.07) is 15.8. The zero-order valence-corrected chi connectivity index (χ0v) is 16.8. The van der Waals surface area contributed by atoms with Crippen LogP contribution in [-0.4, -0.2) is 0 Å². The number of unbranched alkanes of at least 4 members (excludes halogenated alkanes) is 1. The number of halogens is 2. The second-order valence-electron chi connectivity index (χ2n) is 5.92. The van der Waals surface area contributed by atoms with Crippen molar-refractivity contribution < 1.29 is 17.0 Å². The summed E-state index contributed by atoms with van der Waals surface area (Å²) in [7, 11) is 9.78. The van der Waals surface area contributed by atoms with Gasteiger partial charge >= 0.3 is 35.6 Å². The van der Waals surface area contributed by atoms with Crippen molar-refractivity contribution in [3.05, 3.63) is 64.7 Å². The quantitative estimate of drug-likeness (QED) is 0.499. The molecular weight excluding hydrogens is 359 g/mol. The van der Waals surface area contributed by atoms with Crippen LogP contribution >= 0.6 is 18.6 Å². The second-order valence-corrected chi connectivity index (χ2v) is 8.50. The number of allylic oxidation sites excluding steroid dienone is 1. The van der Waals surface area contributed by atoms with Gasteiger partial charge in [0.2, 0.25) is 0 Å². The van der Waals surface area contributed by atoms with Crippen molar-refractivity contribution in [2.24, 2.45) is 0 Å². The molecule has 0 unspecified atom stereocenters. The van der Waals surface area contributed by atoms with Crippen LogP contribution in [0.2, 0.25) is 0 Å². The van der Waals surface area contributed by atoms with E-state index in [-0.39, 0.29) is 0 Å². The maximum absolute atomic E-state index is 4.89. The molecule has 0 aromatic heterocycles. The summed E-state index contributed by atoms with van der Waals surface area (Å²) in [6.07, 6.45) is 7.19. The zero-order valence-electron chi connectivity index (χ0n) is 13.7. The van der Waals surface area contributed by atoms with Crippen LogP contribution in [0.3, 0.4) is 0 Å². The Balaban J connectivity index is 0.000000595. The number of fused-ring (bicyclic) bond motifs is 1. The van der Waals surface area contributed by atoms with Crippen molar-refractivity contribution in [2.75, 3.05) is 0 Å². The predicted molar refractivity (Wildman–Crippen MR) is 99.6 cm³/mol. The number of rotatable bonds is 4. The summed E-state index contributed by atoms with van der Waals surface area (Å²) in [5.74, 6) is 0. The molecule has 0 spiro atoms. The van der Waals surface area contributed by atoms with Gasteiger partial charge in [0.1, 0.15) is 0 Å². The van der Waals surface area contributed by atoms with Gasteiger partial charge in [0, 0.05) is 0 Å². The molecule has 0 radical (unpaired) electrons. The fourth-order valence-electron chi connectivity index (χ4n) is 3.02. The van der Waals surface area contributed by atoms with E-state index in [0.29, 0.717) is 0 Å². The Labute approximate surface area is 156 Å². The van der Waals surface area contributed by atoms with Crippen LogP contribution in [0.5, 0.6) is 0 Å². The van der Waals surface area contributed by atoms with E-state index in [2.05, 4.69) is 62.4 Å². The number of hydrogen-bond donors (Lipinski definition) is 0. The van der Waals surface area contributed by atoms with E-state index in [4.69, 9.17) is 18.6 Å². The zero-order chi connectivity index (χ0) is 16.7. The molecule has 0 aliphatic heterocycles. The Morgan fingerprint density at radius 3 is 2.39 bits per heavy atom. The monoisotopic (exact) mass is 380 g/mol. The topological polar surface area (TPSA) is 0 Å². The van der Waals surface area contributed by atoms with Gasteiger partial charge in [0.05, 0.1) is 0 Å². The SMILES string of the molecule is CCCCc1ccc(-c2cccc3c2C=C(C)C3)cc1.[Cl][Ti][Cl]. The summed E-state index contributed by atoms with van der Waals surface area (Å²) in [5.41, 5.74) is 8.53. The van der Waals surface area contributed by atoms with E-state index >= 15 is 0 Å². The minimum atomic E-state index is -0.556. The molecule has 0 bridgehead atoms. The molecule has 0 N–H and O–H groups in total. The first-order valence-electron chi connectivity index (χ1n) is 8.04. The van der Waals surface area contributed by atoms with Gasteiger partial charge in [-0.15, -0.1) is 0 Å². The fourth-order valence-corrected chi connectivity index (χ4v) is 3.02. The van der Waals surface area contributed by atoms with Gasteiger partial charge in [-0.1, -0.05) is 67.5 Å². The Bertz CT molecular complexity index is 660. The normalized spacial score (nSPS) is 12.1. The molecule has 1 aliphatic rings. The van der Waals surface area contributed by atoms with Crippen molar-refractivity contribution >= 4 is 24.7 Å². The van der Waals surface area contributed by atoms with Crippen LogP contribution in [-0.2, 0) is 29.9 Å². The van der Waals surface area contributed by atoms with Gasteiger partial charge in [-0.3, -0.25) is 0 Å². The number of aryl methyl sites for hydroxylation is 1. The van der Waals surface area contributed by atoms with Crippen molar-refractivity contribution in [3.8, 4) is 11.1 Å². The van der Waals surface area contributed by atoms with E-state index < -0.39 is 17.0 Å². The molecule has 1 aliphatic carbocycles. The van der Waals surface area contributed by atoms with Gasteiger partial charge in [-0.25, -0.2) is 0 Å². The Morgan fingerprint density at radius 1 is 1.04 bits per heavy atom. The van der Waals surface area contributed by atoms with E-state index in [1.54, 1.807) is 0 Å². The van der Waals surface area contributed by atoms with E-state index in [0.717, 1.165) is 6.42 Å². The van der Waals surface area contributed by atoms with Crippen molar-refractivity contribution in [2.45, 2.75) is 39.5 Å². The van der Waals surface area contributed by atoms with Crippen LogP contribution in [0.1, 0.15) is 43.4 Å². The van der Waals surface area contributed by atoms with Gasteiger partial charge in [0.15, 0.2) is 0 Å². The Hall–Kier alpha value is -0.526. The average molecular weight is 381 g/mol. The molecule has 0 fully saturated rings. The molecule has 0 saturated heterocycles. The predicted octanol–water partition coefficient (Wildman–Crippen LogP) is 7.03. The number of benzene rings is 2. The summed E-state index contributed by atoms with van der Waals surface area (Å²) in [4.78, 5) is 0. The summed E-state index contributed by atoms with van der Waals surface area (Å²) < 4.78 is 0. The summed E-state index contributed by atoms with van der Waals surface area (Å²) >= 11 is -0.556. The van der Waals surface area contributed by atoms with Gasteiger partial charge < -0.3 is 0 Å². The molecule has 0 atom stereocenters. The van der Waals surface area contributed by atoms with Crippen LogP contribution in [0.4, 0.5) is 0 Å². The average Bonchev–Trinajstić information content (AvgIpc) is 2.94. The molecule has 0 nitrogen and oxygen atoms in total. The van der Waals surface area contributed by atoms with Gasteiger partial charge in [-0.05, 0) is 54.0 Å². The molecule has 0 heterocycles. The van der Waals surface area contributed by atoms with E-state index in [1.807, 2.05) is 0 Å².